The summed E-state index contributed by atoms with van der Waals surface area (Å²) in [6, 6.07) is 10.1. The van der Waals surface area contributed by atoms with Crippen LogP contribution >= 0.6 is 24.8 Å². The van der Waals surface area contributed by atoms with E-state index in [2.05, 4.69) is 29.5 Å². The van der Waals surface area contributed by atoms with E-state index in [4.69, 9.17) is 10.7 Å². The minimum atomic E-state index is -0.281. The number of hydrogen-bond donors (Lipinski definition) is 2. The van der Waals surface area contributed by atoms with E-state index in [1.54, 1.807) is 4.68 Å². The van der Waals surface area contributed by atoms with Gasteiger partial charge in [-0.25, -0.2) is 9.67 Å². The Labute approximate surface area is 190 Å². The van der Waals surface area contributed by atoms with Crippen molar-refractivity contribution in [3.05, 3.63) is 47.5 Å². The summed E-state index contributed by atoms with van der Waals surface area (Å²) in [5.41, 5.74) is 7.67. The van der Waals surface area contributed by atoms with Crippen LogP contribution in [0.15, 0.2) is 30.3 Å². The molecule has 2 fully saturated rings. The van der Waals surface area contributed by atoms with Crippen LogP contribution in [0.25, 0.3) is 0 Å². The van der Waals surface area contributed by atoms with Crippen molar-refractivity contribution in [1.29, 1.82) is 0 Å². The molecule has 30 heavy (non-hydrogen) atoms. The van der Waals surface area contributed by atoms with Gasteiger partial charge in [0.1, 0.15) is 12.4 Å². The SMILES string of the molecule is C[C@@H]1CNCCN1C(=O)Cn1nc(CC2CC2)nc1[C@H](N)Cc1ccccc1.Cl.Cl. The fourth-order valence-electron chi connectivity index (χ4n) is 3.85. The van der Waals surface area contributed by atoms with E-state index >= 15 is 0 Å². The molecule has 2 aliphatic rings. The number of nitrogens with zero attached hydrogens (tertiary/aromatic N) is 4. The fraction of sp³-hybridized carbons (Fsp3) is 0.571. The van der Waals surface area contributed by atoms with Crippen LogP contribution in [-0.2, 0) is 24.2 Å². The summed E-state index contributed by atoms with van der Waals surface area (Å²) in [6.07, 6.45) is 4.06. The number of amides is 1. The molecule has 1 aliphatic heterocycles. The lowest BCUT2D eigenvalue weighted by atomic mass is 10.1. The van der Waals surface area contributed by atoms with Gasteiger partial charge in [0.15, 0.2) is 5.82 Å². The Kier molecular flexibility index (Phi) is 9.09. The molecule has 3 N–H and O–H groups in total. The smallest absolute Gasteiger partial charge is 0.244 e. The molecule has 0 spiro atoms. The zero-order valence-electron chi connectivity index (χ0n) is 17.4. The average molecular weight is 455 g/mol. The quantitative estimate of drug-likeness (QED) is 0.668. The summed E-state index contributed by atoms with van der Waals surface area (Å²) in [5.74, 6) is 2.32. The Morgan fingerprint density at radius 2 is 2.00 bits per heavy atom. The summed E-state index contributed by atoms with van der Waals surface area (Å²) in [7, 11) is 0. The zero-order chi connectivity index (χ0) is 19.5. The second-order valence-electron chi connectivity index (χ2n) is 8.13. The van der Waals surface area contributed by atoms with E-state index in [0.717, 1.165) is 43.3 Å². The molecule has 1 aromatic heterocycles. The Morgan fingerprint density at radius 1 is 1.27 bits per heavy atom. The first kappa shape index (κ1) is 24.6. The van der Waals surface area contributed by atoms with Crippen LogP contribution in [0.4, 0.5) is 0 Å². The third-order valence-electron chi connectivity index (χ3n) is 5.65. The second kappa shape index (κ2) is 11.1. The van der Waals surface area contributed by atoms with Gasteiger partial charge in [0.05, 0.1) is 6.04 Å². The number of carbonyl (C=O) groups is 1. The first-order valence-electron chi connectivity index (χ1n) is 10.3. The van der Waals surface area contributed by atoms with Crippen LogP contribution in [0, 0.1) is 5.92 Å². The van der Waals surface area contributed by atoms with Gasteiger partial charge in [0.2, 0.25) is 5.91 Å². The largest absolute Gasteiger partial charge is 0.336 e. The number of hydrogen-bond acceptors (Lipinski definition) is 5. The standard InChI is InChI=1S/C21H30N6O.2ClH/c1-15-13-23-9-10-26(15)20(28)14-27-21(24-19(25-27)12-17-7-8-17)18(22)11-16-5-3-2-4-6-16;;/h2-6,15,17-18,23H,7-14,22H2,1H3;2*1H/t15-,18-;;/m1../s1. The maximum Gasteiger partial charge on any atom is 0.244 e. The minimum Gasteiger partial charge on any atom is -0.336 e. The van der Waals surface area contributed by atoms with Crippen molar-refractivity contribution in [2.75, 3.05) is 19.6 Å². The van der Waals surface area contributed by atoms with Crippen molar-refractivity contribution >= 4 is 30.7 Å². The number of aromatic nitrogens is 3. The highest BCUT2D eigenvalue weighted by Crippen LogP contribution is 2.32. The predicted molar refractivity (Wildman–Crippen MR) is 122 cm³/mol. The average Bonchev–Trinajstić information content (AvgIpc) is 3.41. The number of rotatable bonds is 7. The maximum atomic E-state index is 12.9. The molecule has 1 aliphatic carbocycles. The molecule has 2 atom stereocenters. The third kappa shape index (κ3) is 6.17. The molecule has 1 aromatic carbocycles. The van der Waals surface area contributed by atoms with Gasteiger partial charge < -0.3 is 16.0 Å². The number of nitrogens with two attached hydrogens (primary N) is 1. The van der Waals surface area contributed by atoms with Crippen molar-refractivity contribution in [3.63, 3.8) is 0 Å². The zero-order valence-corrected chi connectivity index (χ0v) is 19.0. The molecule has 7 nitrogen and oxygen atoms in total. The van der Waals surface area contributed by atoms with Crippen LogP contribution in [0.3, 0.4) is 0 Å². The van der Waals surface area contributed by atoms with E-state index in [9.17, 15) is 4.79 Å². The van der Waals surface area contributed by atoms with Gasteiger partial charge in [0.25, 0.3) is 0 Å². The Morgan fingerprint density at radius 3 is 2.67 bits per heavy atom. The summed E-state index contributed by atoms with van der Waals surface area (Å²) >= 11 is 0. The molecule has 1 saturated heterocycles. The van der Waals surface area contributed by atoms with Crippen molar-refractivity contribution in [2.45, 2.75) is 51.2 Å². The van der Waals surface area contributed by atoms with Gasteiger partial charge in [-0.05, 0) is 37.7 Å². The number of carbonyl (C=O) groups excluding carboxylic acids is 1. The number of piperazine rings is 1. The van der Waals surface area contributed by atoms with Crippen LogP contribution in [-0.4, -0.2) is 51.2 Å². The Balaban J connectivity index is 0.00000160. The molecule has 1 saturated carbocycles. The molecule has 0 bridgehead atoms. The van der Waals surface area contributed by atoms with E-state index in [0.29, 0.717) is 12.3 Å². The van der Waals surface area contributed by atoms with Crippen LogP contribution < -0.4 is 11.1 Å². The highest BCUT2D eigenvalue weighted by Gasteiger charge is 2.28. The molecule has 2 heterocycles. The summed E-state index contributed by atoms with van der Waals surface area (Å²) in [6.45, 7) is 4.68. The monoisotopic (exact) mass is 454 g/mol. The maximum absolute atomic E-state index is 12.9. The van der Waals surface area contributed by atoms with E-state index in [1.807, 2.05) is 23.1 Å². The van der Waals surface area contributed by atoms with E-state index < -0.39 is 0 Å². The van der Waals surface area contributed by atoms with Crippen LogP contribution in [0.5, 0.6) is 0 Å². The molecule has 9 heteroatoms. The predicted octanol–water partition coefficient (Wildman–Crippen LogP) is 2.14. The van der Waals surface area contributed by atoms with Crippen molar-refractivity contribution in [2.24, 2.45) is 11.7 Å². The Bertz CT molecular complexity index is 811. The number of nitrogens with one attached hydrogen (secondary N) is 1. The third-order valence-corrected chi connectivity index (χ3v) is 5.65. The van der Waals surface area contributed by atoms with Gasteiger partial charge in [-0.3, -0.25) is 4.79 Å². The summed E-state index contributed by atoms with van der Waals surface area (Å²) < 4.78 is 1.75. The van der Waals surface area contributed by atoms with E-state index in [1.165, 1.54) is 12.8 Å². The van der Waals surface area contributed by atoms with Gasteiger partial charge in [-0.2, -0.15) is 5.10 Å². The first-order valence-corrected chi connectivity index (χ1v) is 10.3. The fourth-order valence-corrected chi connectivity index (χ4v) is 3.85. The summed E-state index contributed by atoms with van der Waals surface area (Å²) in [4.78, 5) is 19.6. The molecule has 0 unspecified atom stereocenters. The molecule has 4 rings (SSSR count). The number of halogens is 2. The van der Waals surface area contributed by atoms with Crippen molar-refractivity contribution < 1.29 is 4.79 Å². The van der Waals surface area contributed by atoms with E-state index in [-0.39, 0.29) is 49.3 Å². The van der Waals surface area contributed by atoms with Gasteiger partial charge >= 0.3 is 0 Å². The van der Waals surface area contributed by atoms with Crippen molar-refractivity contribution in [1.82, 2.24) is 25.0 Å². The van der Waals surface area contributed by atoms with Gasteiger partial charge in [-0.15, -0.1) is 24.8 Å². The second-order valence-corrected chi connectivity index (χ2v) is 8.13. The molecule has 1 amide bonds. The lowest BCUT2D eigenvalue weighted by molar-refractivity contribution is -0.134. The molecule has 2 aromatic rings. The van der Waals surface area contributed by atoms with Crippen molar-refractivity contribution in [3.8, 4) is 0 Å². The normalized spacial score (nSPS) is 19.5. The lowest BCUT2D eigenvalue weighted by Crippen LogP contribution is -2.53. The lowest BCUT2D eigenvalue weighted by Gasteiger charge is -2.34. The van der Waals surface area contributed by atoms with Gasteiger partial charge in [-0.1, -0.05) is 30.3 Å². The topological polar surface area (TPSA) is 89.1 Å². The highest BCUT2D eigenvalue weighted by molar-refractivity contribution is 5.85. The minimum absolute atomic E-state index is 0. The molecular weight excluding hydrogens is 423 g/mol. The van der Waals surface area contributed by atoms with Crippen LogP contribution in [0.1, 0.15) is 43.0 Å². The number of benzene rings is 1. The summed E-state index contributed by atoms with van der Waals surface area (Å²) in [5, 5.41) is 8.00. The molecular formula is C21H32Cl2N6O. The highest BCUT2D eigenvalue weighted by atomic mass is 35.5. The first-order chi connectivity index (χ1) is 13.6. The van der Waals surface area contributed by atoms with Crippen LogP contribution in [0.2, 0.25) is 0 Å². The Hall–Kier alpha value is -1.67. The molecule has 166 valence electrons. The van der Waals surface area contributed by atoms with Gasteiger partial charge in [0, 0.05) is 32.1 Å². The molecule has 0 radical (unpaired) electrons.